The number of aliphatic hydroxyl groups excluding tert-OH is 1. The van der Waals surface area contributed by atoms with Crippen LogP contribution in [0.15, 0.2) is 30.3 Å². The number of hydrogen-bond donors (Lipinski definition) is 2. The highest BCUT2D eigenvalue weighted by molar-refractivity contribution is 5.96. The van der Waals surface area contributed by atoms with Crippen LogP contribution >= 0.6 is 0 Å². The topological polar surface area (TPSA) is 76.0 Å². The highest BCUT2D eigenvalue weighted by Gasteiger charge is 2.54. The van der Waals surface area contributed by atoms with Gasteiger partial charge in [0.15, 0.2) is 17.3 Å². The second kappa shape index (κ2) is 8.92. The Kier molecular flexibility index (Phi) is 6.09. The van der Waals surface area contributed by atoms with Crippen LogP contribution in [0.3, 0.4) is 0 Å². The maximum atomic E-state index is 12.9. The number of benzene rings is 2. The van der Waals surface area contributed by atoms with Crippen LogP contribution < -0.4 is 9.47 Å². The van der Waals surface area contributed by atoms with Crippen LogP contribution in [0.2, 0.25) is 0 Å². The standard InChI is InChI=1S/C29H36O5/c1-29-13-12-20-21(23(29)8-11-28(29)32)7-4-17-15-26(33-2)19(14-22(17)20)6-9-24(30)18-5-10-25(31)27(16-18)34-3/h5,10,14-16,20-21,23,28,31-32H,4,6-9,11-13H2,1-3H3/t20-,21+,23-,28-,29-/m0/s1. The van der Waals surface area contributed by atoms with Crippen LogP contribution in [-0.4, -0.2) is 36.3 Å². The Morgan fingerprint density at radius 3 is 2.62 bits per heavy atom. The van der Waals surface area contributed by atoms with E-state index in [0.717, 1.165) is 43.4 Å². The predicted molar refractivity (Wildman–Crippen MR) is 131 cm³/mol. The van der Waals surface area contributed by atoms with Crippen LogP contribution in [0.25, 0.3) is 0 Å². The first-order valence-corrected chi connectivity index (χ1v) is 12.6. The molecule has 0 saturated heterocycles. The molecule has 0 heterocycles. The number of phenolic OH excluding ortho intramolecular Hbond substituents is 1. The molecule has 5 rings (SSSR count). The summed E-state index contributed by atoms with van der Waals surface area (Å²) >= 11 is 0. The number of aryl methyl sites for hydroxylation is 2. The first-order valence-electron chi connectivity index (χ1n) is 12.6. The maximum Gasteiger partial charge on any atom is 0.163 e. The van der Waals surface area contributed by atoms with Crippen molar-refractivity contribution in [3.8, 4) is 17.2 Å². The molecule has 3 aliphatic carbocycles. The third-order valence-electron chi connectivity index (χ3n) is 9.20. The Bertz CT molecular complexity index is 1090. The van der Waals surface area contributed by atoms with E-state index < -0.39 is 0 Å². The van der Waals surface area contributed by atoms with Gasteiger partial charge in [0.05, 0.1) is 20.3 Å². The minimum Gasteiger partial charge on any atom is -0.504 e. The fourth-order valence-electron chi connectivity index (χ4n) is 7.25. The molecule has 0 aromatic heterocycles. The smallest absolute Gasteiger partial charge is 0.163 e. The van der Waals surface area contributed by atoms with Crippen LogP contribution in [0.5, 0.6) is 17.2 Å². The van der Waals surface area contributed by atoms with Crippen molar-refractivity contribution in [3.63, 3.8) is 0 Å². The molecule has 182 valence electrons. The molecule has 0 spiro atoms. The molecule has 2 aromatic carbocycles. The van der Waals surface area contributed by atoms with Gasteiger partial charge < -0.3 is 19.7 Å². The summed E-state index contributed by atoms with van der Waals surface area (Å²) < 4.78 is 10.9. The summed E-state index contributed by atoms with van der Waals surface area (Å²) in [6.07, 6.45) is 7.35. The molecule has 0 amide bonds. The third-order valence-corrected chi connectivity index (χ3v) is 9.20. The molecule has 0 bridgehead atoms. The number of Topliss-reactive ketones (excluding diaryl/α,β-unsaturated/α-hetero) is 1. The Balaban J connectivity index is 1.38. The molecule has 5 heteroatoms. The zero-order chi connectivity index (χ0) is 24.0. The number of ketones is 1. The van der Waals surface area contributed by atoms with E-state index in [2.05, 4.69) is 19.1 Å². The van der Waals surface area contributed by atoms with E-state index in [1.54, 1.807) is 19.2 Å². The molecule has 0 unspecified atom stereocenters. The van der Waals surface area contributed by atoms with Gasteiger partial charge in [-0.2, -0.15) is 0 Å². The molecule has 2 saturated carbocycles. The number of aromatic hydroxyl groups is 1. The van der Waals surface area contributed by atoms with Gasteiger partial charge in [0.2, 0.25) is 0 Å². The number of methoxy groups -OCH3 is 2. The summed E-state index contributed by atoms with van der Waals surface area (Å²) in [5, 5.41) is 20.5. The van der Waals surface area contributed by atoms with Gasteiger partial charge >= 0.3 is 0 Å². The molecule has 0 radical (unpaired) electrons. The minimum atomic E-state index is -0.157. The van der Waals surface area contributed by atoms with Gasteiger partial charge in [0, 0.05) is 12.0 Å². The van der Waals surface area contributed by atoms with E-state index in [1.807, 2.05) is 0 Å². The fourth-order valence-corrected chi connectivity index (χ4v) is 7.25. The van der Waals surface area contributed by atoms with Crippen molar-refractivity contribution < 1.29 is 24.5 Å². The lowest BCUT2D eigenvalue weighted by Gasteiger charge is -2.50. The predicted octanol–water partition coefficient (Wildman–Crippen LogP) is 5.44. The van der Waals surface area contributed by atoms with Crippen molar-refractivity contribution in [1.29, 1.82) is 0 Å². The maximum absolute atomic E-state index is 12.9. The summed E-state index contributed by atoms with van der Waals surface area (Å²) in [6, 6.07) is 9.25. The average molecular weight is 465 g/mol. The van der Waals surface area contributed by atoms with Crippen LogP contribution in [-0.2, 0) is 12.8 Å². The summed E-state index contributed by atoms with van der Waals surface area (Å²) in [6.45, 7) is 2.31. The third kappa shape index (κ3) is 3.78. The highest BCUT2D eigenvalue weighted by Crippen LogP contribution is 2.61. The average Bonchev–Trinajstić information content (AvgIpc) is 3.16. The first kappa shape index (κ1) is 23.2. The molecule has 2 aromatic rings. The molecule has 5 nitrogen and oxygen atoms in total. The van der Waals surface area contributed by atoms with Crippen LogP contribution in [0, 0.1) is 17.3 Å². The van der Waals surface area contributed by atoms with Gasteiger partial charge in [0.25, 0.3) is 0 Å². The number of hydrogen-bond acceptors (Lipinski definition) is 5. The fraction of sp³-hybridized carbons (Fsp3) is 0.552. The van der Waals surface area contributed by atoms with E-state index in [0.29, 0.717) is 41.9 Å². The summed E-state index contributed by atoms with van der Waals surface area (Å²) in [4.78, 5) is 12.9. The Morgan fingerprint density at radius 1 is 1.06 bits per heavy atom. The Morgan fingerprint density at radius 2 is 1.85 bits per heavy atom. The Hall–Kier alpha value is -2.53. The number of fused-ring (bicyclic) bond motifs is 5. The van der Waals surface area contributed by atoms with Crippen molar-refractivity contribution >= 4 is 5.78 Å². The lowest BCUT2D eigenvalue weighted by atomic mass is 9.55. The number of rotatable bonds is 6. The van der Waals surface area contributed by atoms with Crippen molar-refractivity contribution in [2.75, 3.05) is 14.2 Å². The second-order valence-electron chi connectivity index (χ2n) is 10.7. The second-order valence-corrected chi connectivity index (χ2v) is 10.7. The summed E-state index contributed by atoms with van der Waals surface area (Å²) in [7, 11) is 3.18. The van der Waals surface area contributed by atoms with E-state index in [4.69, 9.17) is 9.47 Å². The van der Waals surface area contributed by atoms with E-state index in [1.165, 1.54) is 30.7 Å². The molecular formula is C29H36O5. The molecule has 34 heavy (non-hydrogen) atoms. The number of carbonyl (C=O) groups is 1. The van der Waals surface area contributed by atoms with Crippen LogP contribution in [0.4, 0.5) is 0 Å². The number of aliphatic hydroxyl groups is 1. The SMILES string of the molecule is COc1cc(C(=O)CCc2cc3c(cc2OC)CC[C@@H]2[C@@H]3CC[C@]3(C)[C@@H](O)CC[C@@H]23)ccc1O. The molecule has 3 aliphatic rings. The van der Waals surface area contributed by atoms with Gasteiger partial charge in [-0.05, 0) is 109 Å². The van der Waals surface area contributed by atoms with Gasteiger partial charge in [-0.25, -0.2) is 0 Å². The van der Waals surface area contributed by atoms with Crippen molar-refractivity contribution in [1.82, 2.24) is 0 Å². The highest BCUT2D eigenvalue weighted by atomic mass is 16.5. The summed E-state index contributed by atoms with van der Waals surface area (Å²) in [5.74, 6) is 3.00. The molecule has 0 aliphatic heterocycles. The van der Waals surface area contributed by atoms with Gasteiger partial charge in [-0.15, -0.1) is 0 Å². The van der Waals surface area contributed by atoms with Gasteiger partial charge in [-0.3, -0.25) is 4.79 Å². The zero-order valence-corrected chi connectivity index (χ0v) is 20.5. The normalized spacial score (nSPS) is 29.6. The van der Waals surface area contributed by atoms with Crippen LogP contribution in [0.1, 0.15) is 78.4 Å². The lowest BCUT2D eigenvalue weighted by molar-refractivity contribution is -0.0226. The molecule has 2 fully saturated rings. The largest absolute Gasteiger partial charge is 0.504 e. The van der Waals surface area contributed by atoms with Gasteiger partial charge in [-0.1, -0.05) is 13.0 Å². The lowest BCUT2D eigenvalue weighted by Crippen LogP contribution is -2.43. The summed E-state index contributed by atoms with van der Waals surface area (Å²) in [5.41, 5.74) is 4.53. The Labute approximate surface area is 202 Å². The van der Waals surface area contributed by atoms with E-state index in [9.17, 15) is 15.0 Å². The van der Waals surface area contributed by atoms with Gasteiger partial charge in [0.1, 0.15) is 5.75 Å². The quantitative estimate of drug-likeness (QED) is 0.557. The van der Waals surface area contributed by atoms with E-state index >= 15 is 0 Å². The molecule has 5 atom stereocenters. The van der Waals surface area contributed by atoms with Crippen molar-refractivity contribution in [2.24, 2.45) is 17.3 Å². The zero-order valence-electron chi connectivity index (χ0n) is 20.5. The van der Waals surface area contributed by atoms with Crippen molar-refractivity contribution in [2.45, 2.75) is 70.3 Å². The molecular weight excluding hydrogens is 428 g/mol. The minimum absolute atomic E-state index is 0.0179. The monoisotopic (exact) mass is 464 g/mol. The number of ether oxygens (including phenoxy) is 2. The number of phenols is 1. The first-order chi connectivity index (χ1) is 16.4. The van der Waals surface area contributed by atoms with E-state index in [-0.39, 0.29) is 23.1 Å². The number of carbonyl (C=O) groups excluding carboxylic acids is 1. The molecule has 2 N–H and O–H groups in total. The van der Waals surface area contributed by atoms with Crippen molar-refractivity contribution in [3.05, 3.63) is 52.6 Å².